The SMILES string of the molecule is CCCCOc1c(NC(=O)c2cccnc2)c(-c2ccc(Cl)cc2Cl)cc(Cl)c1C1CCCC1. The van der Waals surface area contributed by atoms with Gasteiger partial charge in [0.05, 0.1) is 17.9 Å². The van der Waals surface area contributed by atoms with E-state index >= 15 is 0 Å². The lowest BCUT2D eigenvalue weighted by atomic mass is 9.91. The van der Waals surface area contributed by atoms with Gasteiger partial charge in [0.15, 0.2) is 0 Å². The number of benzene rings is 2. The molecule has 1 aromatic heterocycles. The van der Waals surface area contributed by atoms with E-state index in [0.717, 1.165) is 44.1 Å². The van der Waals surface area contributed by atoms with Gasteiger partial charge in [-0.05, 0) is 55.5 Å². The van der Waals surface area contributed by atoms with Crippen LogP contribution >= 0.6 is 34.8 Å². The Morgan fingerprint density at radius 1 is 1.09 bits per heavy atom. The minimum atomic E-state index is -0.278. The Labute approximate surface area is 215 Å². The van der Waals surface area contributed by atoms with Gasteiger partial charge in [-0.2, -0.15) is 0 Å². The average molecular weight is 518 g/mol. The predicted molar refractivity (Wildman–Crippen MR) is 141 cm³/mol. The van der Waals surface area contributed by atoms with Crippen molar-refractivity contribution in [2.45, 2.75) is 51.4 Å². The molecular weight excluding hydrogens is 491 g/mol. The van der Waals surface area contributed by atoms with Crippen LogP contribution in [-0.4, -0.2) is 17.5 Å². The van der Waals surface area contributed by atoms with Gasteiger partial charge in [0.2, 0.25) is 0 Å². The van der Waals surface area contributed by atoms with Crippen molar-refractivity contribution in [2.24, 2.45) is 0 Å². The van der Waals surface area contributed by atoms with E-state index in [4.69, 9.17) is 39.5 Å². The summed E-state index contributed by atoms with van der Waals surface area (Å²) >= 11 is 19.7. The number of anilines is 1. The monoisotopic (exact) mass is 516 g/mol. The summed E-state index contributed by atoms with van der Waals surface area (Å²) in [5, 5.41) is 4.72. The summed E-state index contributed by atoms with van der Waals surface area (Å²) in [5.74, 6) is 0.637. The molecule has 7 heteroatoms. The van der Waals surface area contributed by atoms with Crippen LogP contribution in [0.4, 0.5) is 5.69 Å². The van der Waals surface area contributed by atoms with E-state index in [1.807, 2.05) is 12.1 Å². The molecule has 0 aliphatic heterocycles. The number of unbranched alkanes of at least 4 members (excludes halogenated alkanes) is 1. The minimum absolute atomic E-state index is 0.278. The molecule has 0 atom stereocenters. The van der Waals surface area contributed by atoms with Crippen LogP contribution in [0.5, 0.6) is 5.75 Å². The molecule has 0 bridgehead atoms. The van der Waals surface area contributed by atoms with Gasteiger partial charge in [0.25, 0.3) is 5.91 Å². The summed E-state index contributed by atoms with van der Waals surface area (Å²) in [5.41, 5.74) is 3.39. The Kier molecular flexibility index (Phi) is 8.36. The normalized spacial score (nSPS) is 13.8. The van der Waals surface area contributed by atoms with Crippen LogP contribution in [0.2, 0.25) is 15.1 Å². The molecule has 0 radical (unpaired) electrons. The summed E-state index contributed by atoms with van der Waals surface area (Å²) in [7, 11) is 0. The molecule has 0 saturated heterocycles. The summed E-state index contributed by atoms with van der Waals surface area (Å²) in [4.78, 5) is 17.3. The number of pyridine rings is 1. The molecule has 1 heterocycles. The zero-order chi connectivity index (χ0) is 24.1. The number of rotatable bonds is 8. The van der Waals surface area contributed by atoms with Gasteiger partial charge in [0, 0.05) is 44.2 Å². The fourth-order valence-electron chi connectivity index (χ4n) is 4.43. The Bertz CT molecular complexity index is 1160. The van der Waals surface area contributed by atoms with E-state index in [1.54, 1.807) is 30.5 Å². The Morgan fingerprint density at radius 2 is 1.88 bits per heavy atom. The van der Waals surface area contributed by atoms with Crippen molar-refractivity contribution in [2.75, 3.05) is 11.9 Å². The molecular formula is C27H27Cl3N2O2. The van der Waals surface area contributed by atoms with Crippen molar-refractivity contribution in [3.05, 3.63) is 75.0 Å². The zero-order valence-corrected chi connectivity index (χ0v) is 21.3. The molecule has 1 aliphatic rings. The predicted octanol–water partition coefficient (Wildman–Crippen LogP) is 8.80. The maximum atomic E-state index is 13.2. The lowest BCUT2D eigenvalue weighted by molar-refractivity contribution is 0.102. The average Bonchev–Trinajstić information content (AvgIpc) is 3.35. The van der Waals surface area contributed by atoms with Crippen LogP contribution in [-0.2, 0) is 0 Å². The van der Waals surface area contributed by atoms with Gasteiger partial charge >= 0.3 is 0 Å². The van der Waals surface area contributed by atoms with Gasteiger partial charge in [0.1, 0.15) is 5.75 Å². The molecule has 4 rings (SSSR count). The van der Waals surface area contributed by atoms with Crippen molar-refractivity contribution in [3.8, 4) is 16.9 Å². The third-order valence-corrected chi connectivity index (χ3v) is 7.02. The molecule has 2 aromatic carbocycles. The molecule has 34 heavy (non-hydrogen) atoms. The van der Waals surface area contributed by atoms with Crippen molar-refractivity contribution in [3.63, 3.8) is 0 Å². The largest absolute Gasteiger partial charge is 0.491 e. The molecule has 0 unspecified atom stereocenters. The molecule has 178 valence electrons. The fourth-order valence-corrected chi connectivity index (χ4v) is 5.29. The van der Waals surface area contributed by atoms with E-state index in [2.05, 4.69) is 17.2 Å². The first kappa shape index (κ1) is 24.8. The third-order valence-electron chi connectivity index (χ3n) is 6.16. The molecule has 1 fully saturated rings. The maximum Gasteiger partial charge on any atom is 0.257 e. The van der Waals surface area contributed by atoms with E-state index in [0.29, 0.717) is 49.8 Å². The fraction of sp³-hybridized carbons (Fsp3) is 0.333. The van der Waals surface area contributed by atoms with Crippen LogP contribution in [0.1, 0.15) is 67.3 Å². The van der Waals surface area contributed by atoms with Gasteiger partial charge < -0.3 is 10.1 Å². The van der Waals surface area contributed by atoms with Gasteiger partial charge in [-0.3, -0.25) is 9.78 Å². The summed E-state index contributed by atoms with van der Waals surface area (Å²) in [6.07, 6.45) is 9.44. The van der Waals surface area contributed by atoms with E-state index < -0.39 is 0 Å². The van der Waals surface area contributed by atoms with Crippen molar-refractivity contribution < 1.29 is 9.53 Å². The third kappa shape index (κ3) is 5.51. The second kappa shape index (κ2) is 11.4. The highest BCUT2D eigenvalue weighted by Crippen LogP contribution is 2.50. The second-order valence-electron chi connectivity index (χ2n) is 8.53. The molecule has 4 nitrogen and oxygen atoms in total. The topological polar surface area (TPSA) is 51.2 Å². The number of ether oxygens (including phenoxy) is 1. The van der Waals surface area contributed by atoms with Gasteiger partial charge in [-0.1, -0.05) is 67.1 Å². The van der Waals surface area contributed by atoms with Crippen molar-refractivity contribution in [1.82, 2.24) is 4.98 Å². The highest BCUT2D eigenvalue weighted by atomic mass is 35.5. The minimum Gasteiger partial charge on any atom is -0.491 e. The first-order valence-corrected chi connectivity index (χ1v) is 12.8. The Morgan fingerprint density at radius 3 is 2.56 bits per heavy atom. The number of halogens is 3. The molecule has 1 N–H and O–H groups in total. The number of hydrogen-bond donors (Lipinski definition) is 1. The van der Waals surface area contributed by atoms with E-state index in [9.17, 15) is 4.79 Å². The van der Waals surface area contributed by atoms with Crippen LogP contribution in [0, 0.1) is 0 Å². The molecule has 1 amide bonds. The number of nitrogens with zero attached hydrogens (tertiary/aromatic N) is 1. The maximum absolute atomic E-state index is 13.2. The number of hydrogen-bond acceptors (Lipinski definition) is 3. The second-order valence-corrected chi connectivity index (χ2v) is 9.78. The van der Waals surface area contributed by atoms with E-state index in [-0.39, 0.29) is 11.8 Å². The van der Waals surface area contributed by atoms with Crippen LogP contribution in [0.15, 0.2) is 48.8 Å². The highest BCUT2D eigenvalue weighted by molar-refractivity contribution is 6.37. The van der Waals surface area contributed by atoms with Crippen LogP contribution < -0.4 is 10.1 Å². The number of carbonyl (C=O) groups is 1. The number of aromatic nitrogens is 1. The Hall–Kier alpha value is -2.27. The molecule has 3 aromatic rings. The van der Waals surface area contributed by atoms with Crippen LogP contribution in [0.3, 0.4) is 0 Å². The van der Waals surface area contributed by atoms with Gasteiger partial charge in [-0.25, -0.2) is 0 Å². The molecule has 1 saturated carbocycles. The Balaban J connectivity index is 1.91. The highest BCUT2D eigenvalue weighted by Gasteiger charge is 2.29. The standard InChI is InChI=1S/C27H27Cl3N2O2/c1-2-3-13-34-26-24(17-7-4-5-8-17)23(30)15-21(20-11-10-19(28)14-22(20)29)25(26)32-27(33)18-9-6-12-31-16-18/h6,9-12,14-17H,2-5,7-8,13H2,1H3,(H,32,33). The smallest absolute Gasteiger partial charge is 0.257 e. The van der Waals surface area contributed by atoms with Crippen molar-refractivity contribution >= 4 is 46.4 Å². The lowest BCUT2D eigenvalue weighted by Gasteiger charge is -2.24. The molecule has 1 aliphatic carbocycles. The number of amides is 1. The summed E-state index contributed by atoms with van der Waals surface area (Å²) in [6, 6.07) is 10.6. The zero-order valence-electron chi connectivity index (χ0n) is 19.0. The van der Waals surface area contributed by atoms with Crippen LogP contribution in [0.25, 0.3) is 11.1 Å². The molecule has 0 spiro atoms. The van der Waals surface area contributed by atoms with Gasteiger partial charge in [-0.15, -0.1) is 0 Å². The summed E-state index contributed by atoms with van der Waals surface area (Å²) < 4.78 is 6.38. The number of carbonyl (C=O) groups excluding carboxylic acids is 1. The van der Waals surface area contributed by atoms with Crippen molar-refractivity contribution in [1.29, 1.82) is 0 Å². The summed E-state index contributed by atoms with van der Waals surface area (Å²) in [6.45, 7) is 2.64. The number of nitrogens with one attached hydrogen (secondary N) is 1. The van der Waals surface area contributed by atoms with E-state index in [1.165, 1.54) is 6.20 Å². The lowest BCUT2D eigenvalue weighted by Crippen LogP contribution is -2.16. The quantitative estimate of drug-likeness (QED) is 0.304. The first-order valence-electron chi connectivity index (χ1n) is 11.7. The first-order chi connectivity index (χ1) is 16.5.